The van der Waals surface area contributed by atoms with E-state index in [1.807, 2.05) is 11.5 Å². The molecule has 0 spiro atoms. The number of nitrogens with zero attached hydrogens (tertiary/aromatic N) is 3. The molecule has 1 amide bonds. The predicted molar refractivity (Wildman–Crippen MR) is 89.8 cm³/mol. The van der Waals surface area contributed by atoms with Gasteiger partial charge in [-0.3, -0.25) is 4.79 Å². The number of carbonyl (C=O) groups is 1. The molecule has 1 aromatic carbocycles. The lowest BCUT2D eigenvalue weighted by molar-refractivity contribution is 0.0949. The second-order valence-corrected chi connectivity index (χ2v) is 5.39. The zero-order chi connectivity index (χ0) is 17.4. The third kappa shape index (κ3) is 5.20. The van der Waals surface area contributed by atoms with Gasteiger partial charge in [0, 0.05) is 19.2 Å². The lowest BCUT2D eigenvalue weighted by atomic mass is 10.2. The van der Waals surface area contributed by atoms with Gasteiger partial charge < -0.3 is 19.4 Å². The van der Waals surface area contributed by atoms with Crippen LogP contribution < -0.4 is 10.1 Å². The van der Waals surface area contributed by atoms with Gasteiger partial charge in [-0.15, -0.1) is 10.2 Å². The van der Waals surface area contributed by atoms with E-state index in [4.69, 9.17) is 9.47 Å². The van der Waals surface area contributed by atoms with Crippen molar-refractivity contribution in [1.82, 2.24) is 20.1 Å². The van der Waals surface area contributed by atoms with Crippen LogP contribution in [0.25, 0.3) is 0 Å². The maximum Gasteiger partial charge on any atom is 0.251 e. The number of hydrogen-bond acceptors (Lipinski definition) is 5. The highest BCUT2D eigenvalue weighted by Crippen LogP contribution is 2.14. The molecule has 0 radical (unpaired) electrons. The maximum atomic E-state index is 12.3. The summed E-state index contributed by atoms with van der Waals surface area (Å²) in [6, 6.07) is 7.03. The molecule has 1 heterocycles. The average molecular weight is 330 g/mol. The molecule has 0 saturated heterocycles. The fourth-order valence-electron chi connectivity index (χ4n) is 1.99. The van der Waals surface area contributed by atoms with E-state index in [0.717, 1.165) is 5.57 Å². The molecule has 0 saturated carbocycles. The van der Waals surface area contributed by atoms with Crippen molar-refractivity contribution in [2.24, 2.45) is 0 Å². The molecule has 2 rings (SSSR count). The van der Waals surface area contributed by atoms with Gasteiger partial charge in [0.2, 0.25) is 0 Å². The average Bonchev–Trinajstić information content (AvgIpc) is 3.03. The number of rotatable bonds is 9. The minimum atomic E-state index is -0.197. The van der Waals surface area contributed by atoms with Gasteiger partial charge in [-0.05, 0) is 30.7 Å². The molecule has 0 atom stereocenters. The molecule has 0 unspecified atom stereocenters. The van der Waals surface area contributed by atoms with Crippen molar-refractivity contribution < 1.29 is 14.3 Å². The lowest BCUT2D eigenvalue weighted by Crippen LogP contribution is -2.25. The molecule has 2 aromatic rings. The zero-order valence-corrected chi connectivity index (χ0v) is 14.0. The fourth-order valence-corrected chi connectivity index (χ4v) is 1.99. The fraction of sp³-hybridized carbons (Fsp3) is 0.353. The number of carbonyl (C=O) groups excluding carboxylic acids is 1. The molecule has 0 aliphatic rings. The first-order chi connectivity index (χ1) is 11.6. The van der Waals surface area contributed by atoms with E-state index in [9.17, 15) is 4.79 Å². The van der Waals surface area contributed by atoms with Crippen molar-refractivity contribution in [1.29, 1.82) is 0 Å². The molecule has 7 nitrogen and oxygen atoms in total. The molecule has 0 aliphatic carbocycles. The molecule has 24 heavy (non-hydrogen) atoms. The number of aromatic nitrogens is 3. The zero-order valence-electron chi connectivity index (χ0n) is 14.0. The second-order valence-electron chi connectivity index (χ2n) is 5.39. The monoisotopic (exact) mass is 330 g/mol. The van der Waals surface area contributed by atoms with E-state index in [2.05, 4.69) is 22.1 Å². The summed E-state index contributed by atoms with van der Waals surface area (Å²) in [5.41, 5.74) is 1.44. The molecule has 128 valence electrons. The number of amides is 1. The molecule has 0 aliphatic heterocycles. The molecular formula is C17H22N4O3. The highest BCUT2D eigenvalue weighted by molar-refractivity contribution is 5.94. The number of nitrogens with one attached hydrogen (secondary N) is 1. The molecule has 1 aromatic heterocycles. The first-order valence-corrected chi connectivity index (χ1v) is 7.61. The Morgan fingerprint density at radius 1 is 1.42 bits per heavy atom. The number of hydrogen-bond donors (Lipinski definition) is 1. The highest BCUT2D eigenvalue weighted by atomic mass is 16.5. The van der Waals surface area contributed by atoms with E-state index in [0.29, 0.717) is 43.4 Å². The summed E-state index contributed by atoms with van der Waals surface area (Å²) in [7, 11) is 1.63. The van der Waals surface area contributed by atoms with Crippen LogP contribution >= 0.6 is 0 Å². The van der Waals surface area contributed by atoms with Crippen molar-refractivity contribution in [2.45, 2.75) is 20.0 Å². The first kappa shape index (κ1) is 17.7. The summed E-state index contributed by atoms with van der Waals surface area (Å²) in [4.78, 5) is 12.3. The van der Waals surface area contributed by atoms with Gasteiger partial charge in [-0.25, -0.2) is 0 Å². The van der Waals surface area contributed by atoms with Crippen LogP contribution in [0.3, 0.4) is 0 Å². The SMILES string of the molecule is C=C(C)COc1cccc(C(=O)NCc2nncn2CCOC)c1. The van der Waals surface area contributed by atoms with E-state index >= 15 is 0 Å². The molecular weight excluding hydrogens is 308 g/mol. The summed E-state index contributed by atoms with van der Waals surface area (Å²) >= 11 is 0. The van der Waals surface area contributed by atoms with Crippen LogP contribution in [-0.2, 0) is 17.8 Å². The van der Waals surface area contributed by atoms with Crippen LogP contribution in [0.4, 0.5) is 0 Å². The van der Waals surface area contributed by atoms with E-state index in [-0.39, 0.29) is 5.91 Å². The summed E-state index contributed by atoms with van der Waals surface area (Å²) in [5, 5.41) is 10.7. The van der Waals surface area contributed by atoms with Crippen LogP contribution in [0.2, 0.25) is 0 Å². The quantitative estimate of drug-likeness (QED) is 0.710. The normalized spacial score (nSPS) is 10.4. The molecule has 0 bridgehead atoms. The third-order valence-corrected chi connectivity index (χ3v) is 3.22. The third-order valence-electron chi connectivity index (χ3n) is 3.22. The maximum absolute atomic E-state index is 12.3. The number of ether oxygens (including phenoxy) is 2. The van der Waals surface area contributed by atoms with Crippen molar-refractivity contribution in [3.63, 3.8) is 0 Å². The van der Waals surface area contributed by atoms with Crippen molar-refractivity contribution in [2.75, 3.05) is 20.3 Å². The van der Waals surface area contributed by atoms with E-state index < -0.39 is 0 Å². The van der Waals surface area contributed by atoms with Crippen LogP contribution in [0.15, 0.2) is 42.7 Å². The number of methoxy groups -OCH3 is 1. The van der Waals surface area contributed by atoms with E-state index in [1.165, 1.54) is 0 Å². The van der Waals surface area contributed by atoms with Gasteiger partial charge in [0.15, 0.2) is 5.82 Å². The lowest BCUT2D eigenvalue weighted by Gasteiger charge is -2.09. The Bertz CT molecular complexity index is 697. The van der Waals surface area contributed by atoms with Crippen LogP contribution in [-0.4, -0.2) is 41.0 Å². The Labute approximate surface area is 141 Å². The van der Waals surface area contributed by atoms with Crippen LogP contribution in [0.5, 0.6) is 5.75 Å². The minimum absolute atomic E-state index is 0.197. The van der Waals surface area contributed by atoms with Gasteiger partial charge in [-0.2, -0.15) is 0 Å². The molecule has 1 N–H and O–H groups in total. The second kappa shape index (κ2) is 8.83. The Morgan fingerprint density at radius 2 is 2.25 bits per heavy atom. The van der Waals surface area contributed by atoms with Crippen molar-refractivity contribution >= 4 is 5.91 Å². The summed E-state index contributed by atoms with van der Waals surface area (Å²) < 4.78 is 12.4. The van der Waals surface area contributed by atoms with Crippen molar-refractivity contribution in [3.8, 4) is 5.75 Å². The smallest absolute Gasteiger partial charge is 0.251 e. The van der Waals surface area contributed by atoms with Crippen molar-refractivity contribution in [3.05, 3.63) is 54.1 Å². The topological polar surface area (TPSA) is 78.3 Å². The Kier molecular flexibility index (Phi) is 6.51. The molecule has 7 heteroatoms. The van der Waals surface area contributed by atoms with Gasteiger partial charge in [0.25, 0.3) is 5.91 Å². The van der Waals surface area contributed by atoms with E-state index in [1.54, 1.807) is 37.7 Å². The Balaban J connectivity index is 1.94. The Morgan fingerprint density at radius 3 is 3.00 bits per heavy atom. The standard InChI is InChI=1S/C17H22N4O3/c1-13(2)11-24-15-6-4-5-14(9-15)17(22)18-10-16-20-19-12-21(16)7-8-23-3/h4-6,9,12H,1,7-8,10-11H2,2-3H3,(H,18,22). The Hall–Kier alpha value is -2.67. The summed E-state index contributed by atoms with van der Waals surface area (Å²) in [5.74, 6) is 1.11. The van der Waals surface area contributed by atoms with Gasteiger partial charge in [0.05, 0.1) is 13.2 Å². The van der Waals surface area contributed by atoms with Crippen LogP contribution in [0, 0.1) is 0 Å². The van der Waals surface area contributed by atoms with Gasteiger partial charge in [0.1, 0.15) is 18.7 Å². The predicted octanol–water partition coefficient (Wildman–Crippen LogP) is 1.81. The molecule has 0 fully saturated rings. The largest absolute Gasteiger partial charge is 0.489 e. The minimum Gasteiger partial charge on any atom is -0.489 e. The summed E-state index contributed by atoms with van der Waals surface area (Å²) in [6.45, 7) is 7.58. The van der Waals surface area contributed by atoms with Gasteiger partial charge >= 0.3 is 0 Å². The summed E-state index contributed by atoms with van der Waals surface area (Å²) in [6.07, 6.45) is 1.62. The van der Waals surface area contributed by atoms with Gasteiger partial charge in [-0.1, -0.05) is 12.6 Å². The van der Waals surface area contributed by atoms with Crippen LogP contribution in [0.1, 0.15) is 23.1 Å². The first-order valence-electron chi connectivity index (χ1n) is 7.61. The highest BCUT2D eigenvalue weighted by Gasteiger charge is 2.09. The number of benzene rings is 1.